The smallest absolute Gasteiger partial charge is 0.266 e. The van der Waals surface area contributed by atoms with E-state index in [2.05, 4.69) is 0 Å². The van der Waals surface area contributed by atoms with Crippen molar-refractivity contribution < 1.29 is 9.15 Å². The Bertz CT molecular complexity index is 1500. The maximum Gasteiger partial charge on any atom is 0.266 e. The predicted molar refractivity (Wildman–Crippen MR) is 122 cm³/mol. The molecular formula is C24H18N2O4S. The third kappa shape index (κ3) is 3.43. The van der Waals surface area contributed by atoms with E-state index in [1.807, 2.05) is 36.4 Å². The van der Waals surface area contributed by atoms with Crippen molar-refractivity contribution in [3.05, 3.63) is 93.1 Å². The fraction of sp³-hybridized carbons (Fsp3) is 0.125. The molecule has 0 N–H and O–H groups in total. The molecule has 0 radical (unpaired) electrons. The SMILES string of the molecule is COc1ccc(CCn2c(-c3ccco3)nc3sc4ccccc4c(=O)c3c2=O)cc1. The van der Waals surface area contributed by atoms with Crippen LogP contribution in [0.4, 0.5) is 0 Å². The molecular weight excluding hydrogens is 412 g/mol. The summed E-state index contributed by atoms with van der Waals surface area (Å²) in [6, 6.07) is 18.5. The molecule has 31 heavy (non-hydrogen) atoms. The number of ether oxygens (including phenoxy) is 1. The Hall–Kier alpha value is -3.71. The van der Waals surface area contributed by atoms with E-state index in [1.165, 1.54) is 15.9 Å². The molecule has 6 nitrogen and oxygen atoms in total. The molecule has 3 heterocycles. The molecule has 0 fully saturated rings. The first-order chi connectivity index (χ1) is 15.2. The number of hydrogen-bond donors (Lipinski definition) is 0. The quantitative estimate of drug-likeness (QED) is 0.384. The summed E-state index contributed by atoms with van der Waals surface area (Å²) in [5.74, 6) is 1.68. The molecule has 0 saturated heterocycles. The fourth-order valence-electron chi connectivity index (χ4n) is 3.62. The molecule has 0 unspecified atom stereocenters. The minimum Gasteiger partial charge on any atom is -0.497 e. The van der Waals surface area contributed by atoms with Gasteiger partial charge in [0, 0.05) is 16.6 Å². The number of furan rings is 1. The van der Waals surface area contributed by atoms with Gasteiger partial charge in [0.25, 0.3) is 5.56 Å². The van der Waals surface area contributed by atoms with Gasteiger partial charge in [-0.2, -0.15) is 0 Å². The highest BCUT2D eigenvalue weighted by molar-refractivity contribution is 7.24. The Labute approximate surface area is 181 Å². The second kappa shape index (κ2) is 7.85. The number of nitrogens with zero attached hydrogens (tertiary/aromatic N) is 2. The van der Waals surface area contributed by atoms with Crippen molar-refractivity contribution >= 4 is 31.6 Å². The Kier molecular flexibility index (Phi) is 4.88. The van der Waals surface area contributed by atoms with Gasteiger partial charge < -0.3 is 9.15 Å². The Morgan fingerprint density at radius 2 is 1.84 bits per heavy atom. The Morgan fingerprint density at radius 3 is 2.58 bits per heavy atom. The van der Waals surface area contributed by atoms with E-state index in [4.69, 9.17) is 14.1 Å². The van der Waals surface area contributed by atoms with Crippen LogP contribution in [-0.2, 0) is 13.0 Å². The van der Waals surface area contributed by atoms with Gasteiger partial charge in [-0.05, 0) is 48.4 Å². The van der Waals surface area contributed by atoms with Crippen LogP contribution >= 0.6 is 11.3 Å². The molecule has 0 aliphatic rings. The Morgan fingerprint density at radius 1 is 1.03 bits per heavy atom. The van der Waals surface area contributed by atoms with Crippen LogP contribution in [0.3, 0.4) is 0 Å². The summed E-state index contributed by atoms with van der Waals surface area (Å²) >= 11 is 1.34. The number of hydrogen-bond acceptors (Lipinski definition) is 6. The van der Waals surface area contributed by atoms with Crippen LogP contribution in [-0.4, -0.2) is 16.7 Å². The summed E-state index contributed by atoms with van der Waals surface area (Å²) in [5.41, 5.74) is 0.407. The van der Waals surface area contributed by atoms with Crippen LogP contribution in [0, 0.1) is 0 Å². The van der Waals surface area contributed by atoms with Crippen LogP contribution in [0.5, 0.6) is 5.75 Å². The highest BCUT2D eigenvalue weighted by atomic mass is 32.1. The summed E-state index contributed by atoms with van der Waals surface area (Å²) in [7, 11) is 1.62. The molecule has 2 aromatic carbocycles. The van der Waals surface area contributed by atoms with Gasteiger partial charge in [-0.25, -0.2) is 4.98 Å². The van der Waals surface area contributed by atoms with E-state index in [-0.39, 0.29) is 16.4 Å². The van der Waals surface area contributed by atoms with E-state index >= 15 is 0 Å². The zero-order valence-corrected chi connectivity index (χ0v) is 17.5. The van der Waals surface area contributed by atoms with Crippen molar-refractivity contribution in [2.75, 3.05) is 7.11 Å². The van der Waals surface area contributed by atoms with E-state index in [0.29, 0.717) is 34.8 Å². The first-order valence-corrected chi connectivity index (χ1v) is 10.6. The van der Waals surface area contributed by atoms with Gasteiger partial charge in [-0.3, -0.25) is 14.2 Å². The van der Waals surface area contributed by atoms with E-state index in [1.54, 1.807) is 37.6 Å². The van der Waals surface area contributed by atoms with Crippen molar-refractivity contribution in [3.63, 3.8) is 0 Å². The van der Waals surface area contributed by atoms with Crippen LogP contribution in [0.15, 0.2) is 80.9 Å². The zero-order chi connectivity index (χ0) is 21.4. The molecule has 7 heteroatoms. The molecule has 0 spiro atoms. The van der Waals surface area contributed by atoms with E-state index < -0.39 is 0 Å². The lowest BCUT2D eigenvalue weighted by Crippen LogP contribution is -2.28. The minimum absolute atomic E-state index is 0.119. The second-order valence-electron chi connectivity index (χ2n) is 7.08. The van der Waals surface area contributed by atoms with Crippen molar-refractivity contribution in [1.29, 1.82) is 0 Å². The molecule has 5 aromatic rings. The molecule has 0 aliphatic carbocycles. The van der Waals surface area contributed by atoms with Crippen molar-refractivity contribution in [2.24, 2.45) is 0 Å². The standard InChI is InChI=1S/C24H18N2O4S/c1-29-16-10-8-15(9-11-16)12-13-26-22(18-6-4-14-30-18)25-23-20(24(26)28)21(27)17-5-2-3-7-19(17)31-23/h2-11,14H,12-13H2,1H3. The molecule has 0 aliphatic heterocycles. The minimum atomic E-state index is -0.350. The summed E-state index contributed by atoms with van der Waals surface area (Å²) in [5, 5.41) is 0.653. The fourth-order valence-corrected chi connectivity index (χ4v) is 4.66. The van der Waals surface area contributed by atoms with Gasteiger partial charge in [-0.1, -0.05) is 24.3 Å². The molecule has 0 amide bonds. The summed E-state index contributed by atoms with van der Waals surface area (Å²) < 4.78 is 13.1. The van der Waals surface area contributed by atoms with E-state index in [9.17, 15) is 9.59 Å². The summed E-state index contributed by atoms with van der Waals surface area (Å²) in [6.07, 6.45) is 2.14. The highest BCUT2D eigenvalue weighted by Crippen LogP contribution is 2.25. The van der Waals surface area contributed by atoms with Gasteiger partial charge >= 0.3 is 0 Å². The number of aromatic nitrogens is 2. The average molecular weight is 430 g/mol. The van der Waals surface area contributed by atoms with Crippen LogP contribution in [0.2, 0.25) is 0 Å². The molecule has 0 atom stereocenters. The lowest BCUT2D eigenvalue weighted by atomic mass is 10.1. The van der Waals surface area contributed by atoms with Gasteiger partial charge in [0.1, 0.15) is 16.0 Å². The van der Waals surface area contributed by atoms with Gasteiger partial charge in [-0.15, -0.1) is 11.3 Å². The monoisotopic (exact) mass is 430 g/mol. The number of benzene rings is 2. The van der Waals surface area contributed by atoms with Crippen LogP contribution in [0.25, 0.3) is 31.9 Å². The number of rotatable bonds is 5. The maximum absolute atomic E-state index is 13.5. The van der Waals surface area contributed by atoms with Gasteiger partial charge in [0.15, 0.2) is 11.6 Å². The third-order valence-corrected chi connectivity index (χ3v) is 6.29. The lowest BCUT2D eigenvalue weighted by molar-refractivity contribution is 0.414. The molecule has 5 rings (SSSR count). The number of aryl methyl sites for hydroxylation is 1. The van der Waals surface area contributed by atoms with Crippen LogP contribution in [0.1, 0.15) is 5.56 Å². The molecule has 154 valence electrons. The maximum atomic E-state index is 13.5. The first-order valence-electron chi connectivity index (χ1n) is 9.79. The number of fused-ring (bicyclic) bond motifs is 2. The van der Waals surface area contributed by atoms with Crippen molar-refractivity contribution in [2.45, 2.75) is 13.0 Å². The first kappa shape index (κ1) is 19.3. The Balaban J connectivity index is 1.69. The normalized spacial score (nSPS) is 11.3. The topological polar surface area (TPSA) is 74.3 Å². The summed E-state index contributed by atoms with van der Waals surface area (Å²) in [4.78, 5) is 31.7. The van der Waals surface area contributed by atoms with Crippen LogP contribution < -0.4 is 15.7 Å². The second-order valence-corrected chi connectivity index (χ2v) is 8.11. The zero-order valence-electron chi connectivity index (χ0n) is 16.7. The van der Waals surface area contributed by atoms with Crippen molar-refractivity contribution in [3.8, 4) is 17.3 Å². The van der Waals surface area contributed by atoms with E-state index in [0.717, 1.165) is 16.0 Å². The highest BCUT2D eigenvalue weighted by Gasteiger charge is 2.18. The average Bonchev–Trinajstić information content (AvgIpc) is 3.33. The van der Waals surface area contributed by atoms with Gasteiger partial charge in [0.05, 0.1) is 13.4 Å². The number of methoxy groups -OCH3 is 1. The summed E-state index contributed by atoms with van der Waals surface area (Å²) in [6.45, 7) is 0.362. The molecule has 0 bridgehead atoms. The lowest BCUT2D eigenvalue weighted by Gasteiger charge is -2.12. The largest absolute Gasteiger partial charge is 0.497 e. The molecule has 3 aromatic heterocycles. The predicted octanol–water partition coefficient (Wildman–Crippen LogP) is 4.48. The van der Waals surface area contributed by atoms with Crippen molar-refractivity contribution in [1.82, 2.24) is 9.55 Å². The van der Waals surface area contributed by atoms with Gasteiger partial charge in [0.2, 0.25) is 5.43 Å². The molecule has 0 saturated carbocycles. The third-order valence-electron chi connectivity index (χ3n) is 5.23.